The molecule has 25 heavy (non-hydrogen) atoms. The minimum absolute atomic E-state index is 0.149. The fraction of sp³-hybridized carbons (Fsp3) is 0.429. The van der Waals surface area contributed by atoms with E-state index in [1.54, 1.807) is 0 Å². The minimum Gasteiger partial charge on any atom is -0.391 e. The van der Waals surface area contributed by atoms with Gasteiger partial charge in [0.05, 0.1) is 6.10 Å². The lowest BCUT2D eigenvalue weighted by atomic mass is 9.97. The van der Waals surface area contributed by atoms with Crippen molar-refractivity contribution in [1.29, 1.82) is 0 Å². The molecule has 0 radical (unpaired) electrons. The van der Waals surface area contributed by atoms with Gasteiger partial charge in [0.25, 0.3) is 5.56 Å². The van der Waals surface area contributed by atoms with Gasteiger partial charge in [-0.3, -0.25) is 14.3 Å². The van der Waals surface area contributed by atoms with Crippen molar-refractivity contribution in [3.63, 3.8) is 0 Å². The van der Waals surface area contributed by atoms with Crippen molar-refractivity contribution < 1.29 is 19.3 Å². The first-order valence-corrected chi connectivity index (χ1v) is 7.85. The fourth-order valence-electron chi connectivity index (χ4n) is 2.87. The summed E-state index contributed by atoms with van der Waals surface area (Å²) in [5.41, 5.74) is 4.58. The highest BCUT2D eigenvalue weighted by Gasteiger charge is 2.57. The lowest BCUT2D eigenvalue weighted by molar-refractivity contribution is -0.0752. The van der Waals surface area contributed by atoms with Crippen molar-refractivity contribution >= 4 is 40.2 Å². The monoisotopic (exact) mass is 390 g/mol. The number of nitrogen functional groups attached to an aromatic ring is 1. The number of hydrogen-bond acceptors (Lipinski definition) is 6. The number of halogens is 3. The van der Waals surface area contributed by atoms with E-state index in [9.17, 15) is 19.4 Å². The van der Waals surface area contributed by atoms with Gasteiger partial charge in [0.1, 0.15) is 17.6 Å². The SMILES string of the molecule is C[C@H](O)[C@H]1O[C@@H](n2cc(F)c3c(=O)[nH]c(N)nc32)[C@@](Cl)(C#CCl)C1O. The summed E-state index contributed by atoms with van der Waals surface area (Å²) in [4.78, 5) is 16.2. The van der Waals surface area contributed by atoms with Crippen molar-refractivity contribution in [2.75, 3.05) is 5.73 Å². The van der Waals surface area contributed by atoms with E-state index in [0.717, 1.165) is 10.8 Å². The van der Waals surface area contributed by atoms with Gasteiger partial charge in [0.2, 0.25) is 5.95 Å². The van der Waals surface area contributed by atoms with Crippen LogP contribution in [-0.4, -0.2) is 47.9 Å². The zero-order valence-electron chi connectivity index (χ0n) is 12.7. The van der Waals surface area contributed by atoms with Crippen LogP contribution < -0.4 is 11.3 Å². The Labute approximate surface area is 150 Å². The van der Waals surface area contributed by atoms with Gasteiger partial charge in [-0.15, -0.1) is 0 Å². The molecule has 1 aliphatic rings. The summed E-state index contributed by atoms with van der Waals surface area (Å²) in [7, 11) is 0. The van der Waals surface area contributed by atoms with Gasteiger partial charge in [-0.1, -0.05) is 17.5 Å². The Hall–Kier alpha value is -1.83. The van der Waals surface area contributed by atoms with Gasteiger partial charge in [-0.25, -0.2) is 4.39 Å². The molecule has 0 saturated carbocycles. The summed E-state index contributed by atoms with van der Waals surface area (Å²) in [5, 5.41) is 21.9. The molecule has 0 spiro atoms. The number of aromatic nitrogens is 3. The van der Waals surface area contributed by atoms with Gasteiger partial charge >= 0.3 is 0 Å². The number of anilines is 1. The molecule has 8 nitrogen and oxygen atoms in total. The van der Waals surface area contributed by atoms with Crippen molar-refractivity contribution in [1.82, 2.24) is 14.5 Å². The number of ether oxygens (including phenoxy) is 1. The lowest BCUT2D eigenvalue weighted by Gasteiger charge is -2.25. The van der Waals surface area contributed by atoms with Crippen LogP contribution in [0.1, 0.15) is 13.2 Å². The van der Waals surface area contributed by atoms with Gasteiger partial charge in [-0.05, 0) is 18.5 Å². The van der Waals surface area contributed by atoms with E-state index in [4.69, 9.17) is 33.7 Å². The fourth-order valence-corrected chi connectivity index (χ4v) is 3.40. The third kappa shape index (κ3) is 2.67. The number of aromatic amines is 1. The average molecular weight is 391 g/mol. The van der Waals surface area contributed by atoms with Crippen LogP contribution in [-0.2, 0) is 4.74 Å². The molecule has 2 aromatic heterocycles. The Bertz CT molecular complexity index is 950. The first-order valence-electron chi connectivity index (χ1n) is 7.09. The summed E-state index contributed by atoms with van der Waals surface area (Å²) >= 11 is 11.9. The Morgan fingerprint density at radius 3 is 2.92 bits per heavy atom. The number of nitrogens with one attached hydrogen (secondary N) is 1. The van der Waals surface area contributed by atoms with E-state index in [1.165, 1.54) is 6.92 Å². The van der Waals surface area contributed by atoms with Crippen molar-refractivity contribution in [2.45, 2.75) is 36.3 Å². The predicted octanol–water partition coefficient (Wildman–Crippen LogP) is 0.262. The van der Waals surface area contributed by atoms with Crippen LogP contribution in [0.25, 0.3) is 11.0 Å². The van der Waals surface area contributed by atoms with Crippen LogP contribution in [0.15, 0.2) is 11.0 Å². The molecule has 3 heterocycles. The second kappa shape index (κ2) is 6.16. The van der Waals surface area contributed by atoms with Crippen molar-refractivity contribution in [3.05, 3.63) is 22.4 Å². The Morgan fingerprint density at radius 2 is 2.32 bits per heavy atom. The molecular weight excluding hydrogens is 378 g/mol. The third-order valence-electron chi connectivity index (χ3n) is 4.01. The molecule has 134 valence electrons. The molecule has 0 aromatic carbocycles. The highest BCUT2D eigenvalue weighted by molar-refractivity contribution is 6.32. The maximum atomic E-state index is 14.2. The van der Waals surface area contributed by atoms with E-state index < -0.39 is 40.8 Å². The van der Waals surface area contributed by atoms with Gasteiger partial charge in [0.15, 0.2) is 22.6 Å². The molecular formula is C14H13Cl2FN4O4. The zero-order valence-corrected chi connectivity index (χ0v) is 14.2. The molecule has 1 unspecified atom stereocenters. The first kappa shape index (κ1) is 18.0. The molecule has 5 atom stereocenters. The molecule has 3 rings (SSSR count). The maximum absolute atomic E-state index is 14.2. The molecule has 0 bridgehead atoms. The predicted molar refractivity (Wildman–Crippen MR) is 88.5 cm³/mol. The number of rotatable bonds is 2. The van der Waals surface area contributed by atoms with E-state index in [0.29, 0.717) is 0 Å². The third-order valence-corrected chi connectivity index (χ3v) is 4.61. The van der Waals surface area contributed by atoms with Crippen molar-refractivity contribution in [3.8, 4) is 11.3 Å². The van der Waals surface area contributed by atoms with E-state index in [2.05, 4.69) is 21.3 Å². The summed E-state index contributed by atoms with van der Waals surface area (Å²) < 4.78 is 20.9. The number of nitrogens with two attached hydrogens (primary N) is 1. The highest BCUT2D eigenvalue weighted by Crippen LogP contribution is 2.45. The van der Waals surface area contributed by atoms with Crippen LogP contribution in [0, 0.1) is 17.1 Å². The van der Waals surface area contributed by atoms with Crippen molar-refractivity contribution in [2.24, 2.45) is 0 Å². The number of hydrogen-bond donors (Lipinski definition) is 4. The van der Waals surface area contributed by atoms with Crippen LogP contribution >= 0.6 is 23.2 Å². The van der Waals surface area contributed by atoms with E-state index >= 15 is 0 Å². The molecule has 2 aromatic rings. The number of fused-ring (bicyclic) bond motifs is 1. The second-order valence-corrected chi connectivity index (χ2v) is 6.47. The Morgan fingerprint density at radius 1 is 1.64 bits per heavy atom. The second-order valence-electron chi connectivity index (χ2n) is 5.66. The number of aliphatic hydroxyl groups excluding tert-OH is 2. The minimum atomic E-state index is -1.82. The van der Waals surface area contributed by atoms with Crippen LogP contribution in [0.3, 0.4) is 0 Å². The van der Waals surface area contributed by atoms with Gasteiger partial charge in [0, 0.05) is 11.6 Å². The van der Waals surface area contributed by atoms with Crippen LogP contribution in [0.5, 0.6) is 0 Å². The molecule has 11 heteroatoms. The molecule has 1 fully saturated rings. The standard InChI is InChI=1S/C14H13Cl2FN4O4/c1-5(22)8-9(23)14(16,2-3-15)12(25-8)21-4-6(17)7-10(21)19-13(18)20-11(7)24/h4-5,8-9,12,22-23H,1H3,(H3,18,19,20,24)/t5-,8+,9?,12+,14+/m0/s1. The molecule has 1 saturated heterocycles. The first-order chi connectivity index (χ1) is 11.7. The van der Waals surface area contributed by atoms with E-state index in [1.807, 2.05) is 0 Å². The highest BCUT2D eigenvalue weighted by atomic mass is 35.5. The maximum Gasteiger partial charge on any atom is 0.264 e. The summed E-state index contributed by atoms with van der Waals surface area (Å²) in [6.45, 7) is 1.39. The Kier molecular flexibility index (Phi) is 4.43. The van der Waals surface area contributed by atoms with Gasteiger partial charge in [-0.2, -0.15) is 4.98 Å². The quantitative estimate of drug-likeness (QED) is 0.430. The Balaban J connectivity index is 2.25. The average Bonchev–Trinajstić information content (AvgIpc) is 2.96. The number of alkyl halides is 1. The van der Waals surface area contributed by atoms with Crippen LogP contribution in [0.2, 0.25) is 0 Å². The van der Waals surface area contributed by atoms with E-state index in [-0.39, 0.29) is 17.0 Å². The number of aliphatic hydroxyl groups is 2. The number of H-pyrrole nitrogens is 1. The smallest absolute Gasteiger partial charge is 0.264 e. The normalized spacial score (nSPS) is 30.2. The van der Waals surface area contributed by atoms with Crippen LogP contribution in [0.4, 0.5) is 10.3 Å². The lowest BCUT2D eigenvalue weighted by Crippen LogP contribution is -2.43. The summed E-state index contributed by atoms with van der Waals surface area (Å²) in [5.74, 6) is 1.28. The summed E-state index contributed by atoms with van der Waals surface area (Å²) in [6.07, 6.45) is -4.05. The van der Waals surface area contributed by atoms with Gasteiger partial charge < -0.3 is 20.7 Å². The largest absolute Gasteiger partial charge is 0.391 e. The number of nitrogens with zero attached hydrogens (tertiary/aromatic N) is 2. The zero-order chi connectivity index (χ0) is 18.5. The molecule has 5 N–H and O–H groups in total. The topological polar surface area (TPSA) is 126 Å². The molecule has 0 amide bonds. The molecule has 1 aliphatic heterocycles. The molecule has 0 aliphatic carbocycles. The summed E-state index contributed by atoms with van der Waals surface area (Å²) in [6, 6.07) is 0.